The Kier molecular flexibility index (Phi) is 7.66. The summed E-state index contributed by atoms with van der Waals surface area (Å²) in [5.41, 5.74) is 0.0514. The van der Waals surface area contributed by atoms with Crippen molar-refractivity contribution in [2.75, 3.05) is 17.7 Å². The highest BCUT2D eigenvalue weighted by Crippen LogP contribution is 2.30. The van der Waals surface area contributed by atoms with Crippen molar-refractivity contribution in [1.29, 1.82) is 0 Å². The normalized spacial score (nSPS) is 10.8. The number of nitro groups is 1. The standard InChI is InChI=1S/C21H23N5O5S/c1-4-30-16-5-7-17(8-6-16)31-18-10-14(9-15(11-18)26(28)29)22-19(27)12-32-21-23-20(13(2)3)24-25-21/h5-11,13H,4,12H2,1-3H3,(H,22,27)(H,23,24,25). The van der Waals surface area contributed by atoms with E-state index >= 15 is 0 Å². The molecule has 0 saturated carbocycles. The zero-order valence-electron chi connectivity index (χ0n) is 17.8. The smallest absolute Gasteiger partial charge is 0.275 e. The van der Waals surface area contributed by atoms with E-state index in [0.717, 1.165) is 5.82 Å². The molecule has 2 aromatic carbocycles. The van der Waals surface area contributed by atoms with Gasteiger partial charge in [-0.3, -0.25) is 20.0 Å². The molecule has 11 heteroatoms. The Labute approximate surface area is 188 Å². The lowest BCUT2D eigenvalue weighted by Crippen LogP contribution is -2.14. The maximum Gasteiger partial charge on any atom is 0.275 e. The van der Waals surface area contributed by atoms with E-state index in [2.05, 4.69) is 20.5 Å². The van der Waals surface area contributed by atoms with Crippen molar-refractivity contribution in [1.82, 2.24) is 15.2 Å². The van der Waals surface area contributed by atoms with Crippen LogP contribution in [0.5, 0.6) is 17.2 Å². The summed E-state index contributed by atoms with van der Waals surface area (Å²) >= 11 is 1.17. The molecule has 0 unspecified atom stereocenters. The second-order valence-electron chi connectivity index (χ2n) is 6.97. The number of non-ortho nitro benzene ring substituents is 1. The topological polar surface area (TPSA) is 132 Å². The van der Waals surface area contributed by atoms with Crippen LogP contribution >= 0.6 is 11.8 Å². The molecule has 0 aliphatic rings. The van der Waals surface area contributed by atoms with Crippen LogP contribution in [-0.4, -0.2) is 38.4 Å². The molecule has 0 aliphatic heterocycles. The van der Waals surface area contributed by atoms with Gasteiger partial charge in [-0.2, -0.15) is 0 Å². The van der Waals surface area contributed by atoms with E-state index in [0.29, 0.717) is 23.3 Å². The van der Waals surface area contributed by atoms with Crippen LogP contribution in [0.15, 0.2) is 47.6 Å². The van der Waals surface area contributed by atoms with Crippen LogP contribution in [0.3, 0.4) is 0 Å². The Balaban J connectivity index is 1.67. The minimum absolute atomic E-state index is 0.0488. The van der Waals surface area contributed by atoms with E-state index in [1.165, 1.54) is 30.0 Å². The van der Waals surface area contributed by atoms with Crippen LogP contribution in [0.25, 0.3) is 0 Å². The highest BCUT2D eigenvalue weighted by molar-refractivity contribution is 7.99. The Hall–Kier alpha value is -3.60. The molecule has 1 aromatic heterocycles. The number of amides is 1. The maximum absolute atomic E-state index is 12.4. The second kappa shape index (κ2) is 10.6. The largest absolute Gasteiger partial charge is 0.494 e. The predicted octanol–water partition coefficient (Wildman–Crippen LogP) is 4.76. The van der Waals surface area contributed by atoms with Gasteiger partial charge in [0.25, 0.3) is 5.69 Å². The number of rotatable bonds is 10. The average Bonchev–Trinajstić information content (AvgIpc) is 3.23. The third-order valence-corrected chi connectivity index (χ3v) is 4.97. The Bertz CT molecular complexity index is 1080. The number of hydrogen-bond donors (Lipinski definition) is 2. The molecule has 0 saturated heterocycles. The van der Waals surface area contributed by atoms with Crippen molar-refractivity contribution in [2.45, 2.75) is 31.8 Å². The number of aromatic amines is 1. The van der Waals surface area contributed by atoms with Crippen LogP contribution in [0, 0.1) is 10.1 Å². The summed E-state index contributed by atoms with van der Waals surface area (Å²) in [4.78, 5) is 27.4. The van der Waals surface area contributed by atoms with Crippen molar-refractivity contribution in [3.05, 3.63) is 58.4 Å². The number of H-pyrrole nitrogens is 1. The van der Waals surface area contributed by atoms with E-state index in [1.54, 1.807) is 24.3 Å². The number of carbonyl (C=O) groups is 1. The number of carbonyl (C=O) groups excluding carboxylic acids is 1. The average molecular weight is 458 g/mol. The van der Waals surface area contributed by atoms with Gasteiger partial charge >= 0.3 is 0 Å². The number of anilines is 1. The molecule has 0 radical (unpaired) electrons. The van der Waals surface area contributed by atoms with Gasteiger partial charge in [-0.15, -0.1) is 5.10 Å². The van der Waals surface area contributed by atoms with Crippen molar-refractivity contribution < 1.29 is 19.2 Å². The molecule has 168 valence electrons. The van der Waals surface area contributed by atoms with Crippen LogP contribution in [0.1, 0.15) is 32.5 Å². The first-order chi connectivity index (χ1) is 15.3. The fourth-order valence-electron chi connectivity index (χ4n) is 2.63. The van der Waals surface area contributed by atoms with Gasteiger partial charge in [0.2, 0.25) is 11.1 Å². The molecule has 0 bridgehead atoms. The first-order valence-corrected chi connectivity index (χ1v) is 10.9. The van der Waals surface area contributed by atoms with Gasteiger partial charge < -0.3 is 14.8 Å². The SMILES string of the molecule is CCOc1ccc(Oc2cc(NC(=O)CSc3n[nH]c(C(C)C)n3)cc([N+](=O)[O-])c2)cc1. The van der Waals surface area contributed by atoms with Crippen molar-refractivity contribution in [3.8, 4) is 17.2 Å². The first kappa shape index (κ1) is 23.1. The van der Waals surface area contributed by atoms with E-state index in [4.69, 9.17) is 9.47 Å². The minimum atomic E-state index is -0.545. The third-order valence-electron chi connectivity index (χ3n) is 4.12. The molecule has 1 amide bonds. The lowest BCUT2D eigenvalue weighted by molar-refractivity contribution is -0.384. The molecule has 1 heterocycles. The van der Waals surface area contributed by atoms with Gasteiger partial charge in [-0.05, 0) is 31.2 Å². The number of thioether (sulfide) groups is 1. The fourth-order valence-corrected chi connectivity index (χ4v) is 3.24. The zero-order chi connectivity index (χ0) is 23.1. The molecule has 0 aliphatic carbocycles. The minimum Gasteiger partial charge on any atom is -0.494 e. The number of nitrogens with zero attached hydrogens (tertiary/aromatic N) is 3. The summed E-state index contributed by atoms with van der Waals surface area (Å²) in [5, 5.41) is 21.3. The number of benzene rings is 2. The highest BCUT2D eigenvalue weighted by Gasteiger charge is 2.15. The van der Waals surface area contributed by atoms with E-state index in [1.807, 2.05) is 20.8 Å². The summed E-state index contributed by atoms with van der Waals surface area (Å²) in [6, 6.07) is 11.0. The summed E-state index contributed by atoms with van der Waals surface area (Å²) in [7, 11) is 0. The van der Waals surface area contributed by atoms with Crippen molar-refractivity contribution >= 4 is 29.0 Å². The zero-order valence-corrected chi connectivity index (χ0v) is 18.6. The molecule has 3 aromatic rings. The molecule has 0 spiro atoms. The summed E-state index contributed by atoms with van der Waals surface area (Å²) in [6.45, 7) is 6.39. The van der Waals surface area contributed by atoms with Gasteiger partial charge in [-0.25, -0.2) is 4.98 Å². The number of ether oxygens (including phenoxy) is 2. The molecular formula is C21H23N5O5S. The Morgan fingerprint density at radius 1 is 1.19 bits per heavy atom. The lowest BCUT2D eigenvalue weighted by atomic mass is 10.2. The Morgan fingerprint density at radius 3 is 2.53 bits per heavy atom. The molecule has 32 heavy (non-hydrogen) atoms. The van der Waals surface area contributed by atoms with E-state index < -0.39 is 4.92 Å². The van der Waals surface area contributed by atoms with Gasteiger partial charge in [0, 0.05) is 18.1 Å². The monoisotopic (exact) mass is 457 g/mol. The molecular weight excluding hydrogens is 434 g/mol. The molecule has 0 fully saturated rings. The van der Waals surface area contributed by atoms with Gasteiger partial charge in [-0.1, -0.05) is 25.6 Å². The number of nitro benzene ring substituents is 1. The lowest BCUT2D eigenvalue weighted by Gasteiger charge is -2.10. The molecule has 10 nitrogen and oxygen atoms in total. The predicted molar refractivity (Wildman–Crippen MR) is 121 cm³/mol. The number of hydrogen-bond acceptors (Lipinski definition) is 8. The fraction of sp³-hybridized carbons (Fsp3) is 0.286. The summed E-state index contributed by atoms with van der Waals surface area (Å²) in [5.74, 6) is 2.03. The van der Waals surface area contributed by atoms with Crippen molar-refractivity contribution in [2.24, 2.45) is 0 Å². The van der Waals surface area contributed by atoms with Crippen molar-refractivity contribution in [3.63, 3.8) is 0 Å². The van der Waals surface area contributed by atoms with Gasteiger partial charge in [0.05, 0.1) is 29.0 Å². The van der Waals surface area contributed by atoms with Crippen LogP contribution < -0.4 is 14.8 Å². The molecule has 3 rings (SSSR count). The summed E-state index contributed by atoms with van der Waals surface area (Å²) < 4.78 is 11.1. The first-order valence-electron chi connectivity index (χ1n) is 9.89. The van der Waals surface area contributed by atoms with Gasteiger partial charge in [0.15, 0.2) is 0 Å². The number of nitrogens with one attached hydrogen (secondary N) is 2. The number of aromatic nitrogens is 3. The van der Waals surface area contributed by atoms with Gasteiger partial charge in [0.1, 0.15) is 23.1 Å². The second-order valence-corrected chi connectivity index (χ2v) is 7.92. The Morgan fingerprint density at radius 2 is 1.91 bits per heavy atom. The third kappa shape index (κ3) is 6.45. The maximum atomic E-state index is 12.4. The van der Waals surface area contributed by atoms with Crippen LogP contribution in [-0.2, 0) is 4.79 Å². The van der Waals surface area contributed by atoms with E-state index in [9.17, 15) is 14.9 Å². The highest BCUT2D eigenvalue weighted by atomic mass is 32.2. The van der Waals surface area contributed by atoms with Crippen LogP contribution in [0.2, 0.25) is 0 Å². The quantitative estimate of drug-likeness (QED) is 0.253. The molecule has 2 N–H and O–H groups in total. The molecule has 0 atom stereocenters. The van der Waals surface area contributed by atoms with E-state index in [-0.39, 0.29) is 34.7 Å². The van der Waals surface area contributed by atoms with Crippen LogP contribution in [0.4, 0.5) is 11.4 Å². The summed E-state index contributed by atoms with van der Waals surface area (Å²) in [6.07, 6.45) is 0.